The third kappa shape index (κ3) is 3.79. The lowest BCUT2D eigenvalue weighted by molar-refractivity contribution is 0.690. The first-order valence-electron chi connectivity index (χ1n) is 10.2. The highest BCUT2D eigenvalue weighted by atomic mass is 15.1. The quantitative estimate of drug-likeness (QED) is 0.396. The molecule has 0 radical (unpaired) electrons. The van der Waals surface area contributed by atoms with Crippen molar-refractivity contribution in [2.24, 2.45) is 0 Å². The van der Waals surface area contributed by atoms with Gasteiger partial charge >= 0.3 is 0 Å². The molecule has 0 saturated heterocycles. The van der Waals surface area contributed by atoms with Crippen molar-refractivity contribution < 1.29 is 0 Å². The van der Waals surface area contributed by atoms with Gasteiger partial charge in [-0.1, -0.05) is 67.9 Å². The van der Waals surface area contributed by atoms with Gasteiger partial charge in [-0.25, -0.2) is 4.98 Å². The van der Waals surface area contributed by atoms with Crippen LogP contribution in [0.2, 0.25) is 0 Å². The number of nitrogens with zero attached hydrogens (tertiary/aromatic N) is 3. The van der Waals surface area contributed by atoms with Crippen molar-refractivity contribution in [1.82, 2.24) is 9.55 Å². The van der Waals surface area contributed by atoms with E-state index in [2.05, 4.69) is 66.9 Å². The fourth-order valence-electron chi connectivity index (χ4n) is 3.84. The van der Waals surface area contributed by atoms with Crippen LogP contribution in [0.25, 0.3) is 22.2 Å². The molecule has 29 heavy (non-hydrogen) atoms. The van der Waals surface area contributed by atoms with E-state index in [9.17, 15) is 5.26 Å². The highest BCUT2D eigenvalue weighted by Gasteiger charge is 2.12. The number of para-hydroxylation sites is 1. The van der Waals surface area contributed by atoms with Crippen LogP contribution in [0.5, 0.6) is 0 Å². The molecule has 1 heterocycles. The summed E-state index contributed by atoms with van der Waals surface area (Å²) in [4.78, 5) is 4.96. The summed E-state index contributed by atoms with van der Waals surface area (Å²) in [6, 6.07) is 25.0. The van der Waals surface area contributed by atoms with Gasteiger partial charge in [0.2, 0.25) is 0 Å². The van der Waals surface area contributed by atoms with Crippen molar-refractivity contribution in [1.29, 1.82) is 5.26 Å². The van der Waals surface area contributed by atoms with E-state index < -0.39 is 0 Å². The molecule has 4 aromatic rings. The Morgan fingerprint density at radius 3 is 2.52 bits per heavy atom. The van der Waals surface area contributed by atoms with Gasteiger partial charge in [0.25, 0.3) is 0 Å². The van der Waals surface area contributed by atoms with Crippen LogP contribution in [0.1, 0.15) is 42.3 Å². The molecule has 1 aromatic heterocycles. The number of unbranched alkanes of at least 4 members (excludes halogenated alkanes) is 1. The summed E-state index contributed by atoms with van der Waals surface area (Å²) in [7, 11) is 0. The fraction of sp³-hybridized carbons (Fsp3) is 0.231. The number of fused-ring (bicyclic) bond motifs is 1. The lowest BCUT2D eigenvalue weighted by Gasteiger charge is -2.11. The molecule has 0 amide bonds. The maximum Gasteiger partial charge on any atom is 0.110 e. The first-order chi connectivity index (χ1) is 14.2. The van der Waals surface area contributed by atoms with E-state index in [-0.39, 0.29) is 0 Å². The molecular formula is C26H25N3. The summed E-state index contributed by atoms with van der Waals surface area (Å²) in [5.41, 5.74) is 7.54. The highest BCUT2D eigenvalue weighted by molar-refractivity contribution is 5.79. The Bertz CT molecular complexity index is 1180. The smallest absolute Gasteiger partial charge is 0.110 e. The van der Waals surface area contributed by atoms with Crippen LogP contribution in [0.3, 0.4) is 0 Å². The molecule has 0 aliphatic carbocycles. The van der Waals surface area contributed by atoms with Crippen LogP contribution in [-0.4, -0.2) is 9.55 Å². The topological polar surface area (TPSA) is 41.6 Å². The Morgan fingerprint density at radius 2 is 1.76 bits per heavy atom. The Hall–Kier alpha value is -3.38. The standard InChI is InChI=1S/C26H25N3/c1-3-4-12-25-28-26-19(2)8-7-11-24(26)29(25)18-20-13-15-21(16-14-20)23-10-6-5-9-22(23)17-27/h5-11,13-16H,3-4,12,18H2,1-2H3. The molecule has 0 atom stereocenters. The molecule has 0 unspecified atom stereocenters. The van der Waals surface area contributed by atoms with Gasteiger partial charge in [0.05, 0.1) is 22.7 Å². The first-order valence-corrected chi connectivity index (χ1v) is 10.2. The minimum absolute atomic E-state index is 0.707. The molecule has 4 rings (SSSR count). The van der Waals surface area contributed by atoms with Crippen molar-refractivity contribution >= 4 is 11.0 Å². The lowest BCUT2D eigenvalue weighted by atomic mass is 9.99. The maximum absolute atomic E-state index is 9.37. The number of benzene rings is 3. The molecule has 0 aliphatic heterocycles. The molecule has 0 bridgehead atoms. The number of hydrogen-bond acceptors (Lipinski definition) is 2. The average molecular weight is 380 g/mol. The largest absolute Gasteiger partial charge is 0.323 e. The van der Waals surface area contributed by atoms with E-state index in [4.69, 9.17) is 4.98 Å². The molecule has 0 saturated carbocycles. The minimum Gasteiger partial charge on any atom is -0.323 e. The predicted octanol–water partition coefficient (Wildman–Crippen LogP) is 6.27. The van der Waals surface area contributed by atoms with Crippen LogP contribution in [0.15, 0.2) is 66.7 Å². The van der Waals surface area contributed by atoms with Crippen LogP contribution in [0, 0.1) is 18.3 Å². The Kier molecular flexibility index (Phi) is 5.44. The van der Waals surface area contributed by atoms with Gasteiger partial charge in [-0.15, -0.1) is 0 Å². The second-order valence-corrected chi connectivity index (χ2v) is 7.51. The average Bonchev–Trinajstić information content (AvgIpc) is 3.11. The third-order valence-electron chi connectivity index (χ3n) is 5.47. The maximum atomic E-state index is 9.37. The van der Waals surface area contributed by atoms with Gasteiger partial charge in [-0.2, -0.15) is 5.26 Å². The van der Waals surface area contributed by atoms with Crippen molar-refractivity contribution in [3.8, 4) is 17.2 Å². The van der Waals surface area contributed by atoms with Gasteiger partial charge in [0, 0.05) is 13.0 Å². The normalized spacial score (nSPS) is 10.9. The Morgan fingerprint density at radius 1 is 0.966 bits per heavy atom. The number of aromatic nitrogens is 2. The summed E-state index contributed by atoms with van der Waals surface area (Å²) in [5, 5.41) is 9.37. The fourth-order valence-corrected chi connectivity index (χ4v) is 3.84. The van der Waals surface area contributed by atoms with Crippen molar-refractivity contribution in [3.05, 3.63) is 89.2 Å². The number of nitriles is 1. The van der Waals surface area contributed by atoms with Crippen LogP contribution in [0.4, 0.5) is 0 Å². The molecule has 0 spiro atoms. The zero-order chi connectivity index (χ0) is 20.2. The predicted molar refractivity (Wildman–Crippen MR) is 119 cm³/mol. The number of hydrogen-bond donors (Lipinski definition) is 0. The van der Waals surface area contributed by atoms with E-state index in [1.54, 1.807) is 0 Å². The van der Waals surface area contributed by atoms with Gasteiger partial charge in [0.15, 0.2) is 0 Å². The summed E-state index contributed by atoms with van der Waals surface area (Å²) in [5.74, 6) is 1.16. The van der Waals surface area contributed by atoms with Gasteiger partial charge in [-0.05, 0) is 47.7 Å². The van der Waals surface area contributed by atoms with E-state index in [0.717, 1.165) is 48.3 Å². The zero-order valence-corrected chi connectivity index (χ0v) is 17.0. The summed E-state index contributed by atoms with van der Waals surface area (Å²) < 4.78 is 2.36. The van der Waals surface area contributed by atoms with Gasteiger partial charge < -0.3 is 4.57 Å². The molecule has 0 aliphatic rings. The van der Waals surface area contributed by atoms with E-state index in [1.807, 2.05) is 24.3 Å². The first kappa shape index (κ1) is 19.0. The van der Waals surface area contributed by atoms with Gasteiger partial charge in [-0.3, -0.25) is 0 Å². The molecule has 0 fully saturated rings. The van der Waals surface area contributed by atoms with Crippen molar-refractivity contribution in [3.63, 3.8) is 0 Å². The van der Waals surface area contributed by atoms with Crippen molar-refractivity contribution in [2.45, 2.75) is 39.7 Å². The Labute approximate surface area is 172 Å². The molecular weight excluding hydrogens is 354 g/mol. The molecule has 144 valence electrons. The minimum atomic E-state index is 0.707. The molecule has 3 heteroatoms. The van der Waals surface area contributed by atoms with E-state index in [0.29, 0.717) is 5.56 Å². The second-order valence-electron chi connectivity index (χ2n) is 7.51. The molecule has 3 nitrogen and oxygen atoms in total. The van der Waals surface area contributed by atoms with Crippen LogP contribution in [-0.2, 0) is 13.0 Å². The van der Waals surface area contributed by atoms with E-state index in [1.165, 1.54) is 16.6 Å². The summed E-state index contributed by atoms with van der Waals surface area (Å²) in [6.45, 7) is 5.15. The van der Waals surface area contributed by atoms with Crippen LogP contribution < -0.4 is 0 Å². The monoisotopic (exact) mass is 379 g/mol. The van der Waals surface area contributed by atoms with Gasteiger partial charge in [0.1, 0.15) is 5.82 Å². The summed E-state index contributed by atoms with van der Waals surface area (Å²) in [6.07, 6.45) is 3.31. The van der Waals surface area contributed by atoms with Crippen LogP contribution >= 0.6 is 0 Å². The highest BCUT2D eigenvalue weighted by Crippen LogP contribution is 2.25. The Balaban J connectivity index is 1.68. The number of rotatable bonds is 6. The molecule has 0 N–H and O–H groups in total. The summed E-state index contributed by atoms with van der Waals surface area (Å²) >= 11 is 0. The number of aryl methyl sites for hydroxylation is 2. The van der Waals surface area contributed by atoms with Crippen molar-refractivity contribution in [2.75, 3.05) is 0 Å². The second kappa shape index (κ2) is 8.32. The SMILES string of the molecule is CCCCc1nc2c(C)cccc2n1Cc1ccc(-c2ccccc2C#N)cc1. The van der Waals surface area contributed by atoms with E-state index >= 15 is 0 Å². The zero-order valence-electron chi connectivity index (χ0n) is 17.0. The molecule has 3 aromatic carbocycles. The lowest BCUT2D eigenvalue weighted by Crippen LogP contribution is -2.05. The third-order valence-corrected chi connectivity index (χ3v) is 5.47. The number of imidazole rings is 1.